The summed E-state index contributed by atoms with van der Waals surface area (Å²) >= 11 is 12.6. The molecule has 1 aliphatic rings. The van der Waals surface area contributed by atoms with Gasteiger partial charge in [0.15, 0.2) is 0 Å². The van der Waals surface area contributed by atoms with Crippen LogP contribution < -0.4 is 10.5 Å². The summed E-state index contributed by atoms with van der Waals surface area (Å²) in [7, 11) is 0. The molecule has 0 saturated carbocycles. The Balaban J connectivity index is 1.94. The summed E-state index contributed by atoms with van der Waals surface area (Å²) in [5.41, 5.74) is 7.63. The molecule has 0 saturated heterocycles. The first-order valence-electron chi connectivity index (χ1n) is 9.48. The highest BCUT2D eigenvalue weighted by molar-refractivity contribution is 6.32. The predicted molar refractivity (Wildman–Crippen MR) is 117 cm³/mol. The molecule has 160 valence electrons. The van der Waals surface area contributed by atoms with Gasteiger partial charge >= 0.3 is 5.97 Å². The summed E-state index contributed by atoms with van der Waals surface area (Å²) in [6, 6.07) is 14.4. The minimum Gasteiger partial charge on any atom is -0.487 e. The second-order valence-corrected chi connectivity index (χ2v) is 7.50. The first-order valence-corrected chi connectivity index (χ1v) is 10.2. The molecule has 2 N–H and O–H groups in total. The molecule has 0 fully saturated rings. The van der Waals surface area contributed by atoms with Gasteiger partial charge in [-0.1, -0.05) is 47.5 Å². The van der Waals surface area contributed by atoms with Crippen molar-refractivity contribution in [3.05, 3.63) is 86.4 Å². The Hall–Kier alpha value is -3.14. The van der Waals surface area contributed by atoms with Crippen LogP contribution in [0, 0.1) is 11.3 Å². The van der Waals surface area contributed by atoms with E-state index >= 15 is 0 Å². The lowest BCUT2D eigenvalue weighted by Gasteiger charge is -2.27. The minimum atomic E-state index is -0.770. The van der Waals surface area contributed by atoms with Crippen molar-refractivity contribution in [3.8, 4) is 11.8 Å². The van der Waals surface area contributed by atoms with Crippen LogP contribution in [0.2, 0.25) is 10.0 Å². The van der Waals surface area contributed by atoms with Crippen LogP contribution in [0.25, 0.3) is 0 Å². The Morgan fingerprint density at radius 1 is 1.23 bits per heavy atom. The van der Waals surface area contributed by atoms with Crippen LogP contribution in [-0.4, -0.2) is 12.6 Å². The number of nitriles is 1. The van der Waals surface area contributed by atoms with Gasteiger partial charge in [0.2, 0.25) is 5.88 Å². The Labute approximate surface area is 190 Å². The number of ether oxygens (including phenoxy) is 3. The standard InChI is InChI=1S/C23H20Cl2N2O4/c1-3-29-23(28)20-13(2)31-22(27)16(11-26)21(20)14-8-9-19(18(25)10-14)30-12-15-6-4-5-7-17(15)24/h4-10,21H,3,12,27H2,1-2H3. The first kappa shape index (κ1) is 22.5. The van der Waals surface area contributed by atoms with Crippen LogP contribution in [0.1, 0.15) is 30.9 Å². The van der Waals surface area contributed by atoms with E-state index in [1.165, 1.54) is 0 Å². The molecule has 0 spiro atoms. The summed E-state index contributed by atoms with van der Waals surface area (Å²) < 4.78 is 16.4. The number of benzene rings is 2. The van der Waals surface area contributed by atoms with Gasteiger partial charge in [0.1, 0.15) is 29.8 Å². The molecule has 0 aromatic heterocycles. The molecular formula is C23H20Cl2N2O4. The van der Waals surface area contributed by atoms with Gasteiger partial charge in [0, 0.05) is 10.6 Å². The van der Waals surface area contributed by atoms with Gasteiger partial charge in [-0.15, -0.1) is 0 Å². The predicted octanol–water partition coefficient (Wildman–Crippen LogP) is 5.22. The van der Waals surface area contributed by atoms with Crippen molar-refractivity contribution in [1.82, 2.24) is 0 Å². The van der Waals surface area contributed by atoms with E-state index in [1.807, 2.05) is 24.3 Å². The van der Waals surface area contributed by atoms with Crippen LogP contribution >= 0.6 is 23.2 Å². The van der Waals surface area contributed by atoms with Crippen LogP contribution in [-0.2, 0) is 20.9 Å². The van der Waals surface area contributed by atoms with Crippen LogP contribution in [0.4, 0.5) is 0 Å². The van der Waals surface area contributed by atoms with Crippen molar-refractivity contribution in [2.24, 2.45) is 5.73 Å². The van der Waals surface area contributed by atoms with Gasteiger partial charge in [-0.3, -0.25) is 0 Å². The molecular weight excluding hydrogens is 439 g/mol. The minimum absolute atomic E-state index is 0.0618. The number of carbonyl (C=O) groups excluding carboxylic acids is 1. The highest BCUT2D eigenvalue weighted by Crippen LogP contribution is 2.41. The van der Waals surface area contributed by atoms with E-state index in [9.17, 15) is 10.1 Å². The molecule has 1 atom stereocenters. The van der Waals surface area contributed by atoms with E-state index in [4.69, 9.17) is 43.1 Å². The van der Waals surface area contributed by atoms with Crippen molar-refractivity contribution >= 4 is 29.2 Å². The van der Waals surface area contributed by atoms with Gasteiger partial charge in [-0.2, -0.15) is 5.26 Å². The van der Waals surface area contributed by atoms with Crippen molar-refractivity contribution in [2.45, 2.75) is 26.4 Å². The number of hydrogen-bond acceptors (Lipinski definition) is 6. The molecule has 1 unspecified atom stereocenters. The summed E-state index contributed by atoms with van der Waals surface area (Å²) in [5.74, 6) is -0.706. The van der Waals surface area contributed by atoms with E-state index in [0.717, 1.165) is 5.56 Å². The lowest BCUT2D eigenvalue weighted by atomic mass is 9.83. The topological polar surface area (TPSA) is 94.6 Å². The zero-order chi connectivity index (χ0) is 22.5. The fourth-order valence-corrected chi connectivity index (χ4v) is 3.71. The van der Waals surface area contributed by atoms with Gasteiger partial charge in [0.25, 0.3) is 0 Å². The maximum absolute atomic E-state index is 12.6. The molecule has 1 aliphatic heterocycles. The fourth-order valence-electron chi connectivity index (χ4n) is 3.27. The van der Waals surface area contributed by atoms with Gasteiger partial charge in [-0.25, -0.2) is 4.79 Å². The number of rotatable bonds is 6. The number of nitrogens with two attached hydrogens (primary N) is 1. The summed E-state index contributed by atoms with van der Waals surface area (Å²) in [4.78, 5) is 12.6. The van der Waals surface area contributed by atoms with Crippen molar-refractivity contribution in [1.29, 1.82) is 5.26 Å². The molecule has 3 rings (SSSR count). The van der Waals surface area contributed by atoms with E-state index in [-0.39, 0.29) is 36.0 Å². The largest absolute Gasteiger partial charge is 0.487 e. The maximum atomic E-state index is 12.6. The van der Waals surface area contributed by atoms with Gasteiger partial charge in [-0.05, 0) is 37.6 Å². The van der Waals surface area contributed by atoms with Gasteiger partial charge < -0.3 is 19.9 Å². The highest BCUT2D eigenvalue weighted by Gasteiger charge is 2.36. The Morgan fingerprint density at radius 3 is 2.61 bits per heavy atom. The molecule has 0 aliphatic carbocycles. The fraction of sp³-hybridized carbons (Fsp3) is 0.217. The summed E-state index contributed by atoms with van der Waals surface area (Å²) in [6.07, 6.45) is 0. The maximum Gasteiger partial charge on any atom is 0.338 e. The Morgan fingerprint density at radius 2 is 1.97 bits per heavy atom. The number of carbonyl (C=O) groups is 1. The van der Waals surface area contributed by atoms with Crippen LogP contribution in [0.5, 0.6) is 5.75 Å². The number of esters is 1. The van der Waals surface area contributed by atoms with E-state index < -0.39 is 11.9 Å². The van der Waals surface area contributed by atoms with E-state index in [0.29, 0.717) is 21.4 Å². The average Bonchev–Trinajstić information content (AvgIpc) is 2.73. The zero-order valence-corrected chi connectivity index (χ0v) is 18.5. The Kier molecular flexibility index (Phi) is 7.11. The zero-order valence-electron chi connectivity index (χ0n) is 16.9. The molecule has 31 heavy (non-hydrogen) atoms. The molecule has 8 heteroatoms. The monoisotopic (exact) mass is 458 g/mol. The molecule has 2 aromatic carbocycles. The second-order valence-electron chi connectivity index (χ2n) is 6.69. The van der Waals surface area contributed by atoms with Crippen molar-refractivity contribution in [3.63, 3.8) is 0 Å². The Bertz CT molecular complexity index is 1120. The van der Waals surface area contributed by atoms with Crippen molar-refractivity contribution < 1.29 is 19.0 Å². The molecule has 0 radical (unpaired) electrons. The van der Waals surface area contributed by atoms with Crippen LogP contribution in [0.15, 0.2) is 65.3 Å². The highest BCUT2D eigenvalue weighted by atomic mass is 35.5. The molecule has 0 amide bonds. The molecule has 6 nitrogen and oxygen atoms in total. The third kappa shape index (κ3) is 4.79. The SMILES string of the molecule is CCOC(=O)C1=C(C)OC(N)=C(C#N)C1c1ccc(OCc2ccccc2Cl)c(Cl)c1. The third-order valence-corrected chi connectivity index (χ3v) is 5.40. The number of halogens is 2. The third-order valence-electron chi connectivity index (χ3n) is 4.73. The molecule has 2 aromatic rings. The van der Waals surface area contributed by atoms with Crippen LogP contribution in [0.3, 0.4) is 0 Å². The smallest absolute Gasteiger partial charge is 0.338 e. The summed E-state index contributed by atoms with van der Waals surface area (Å²) in [6.45, 7) is 3.71. The quantitative estimate of drug-likeness (QED) is 0.596. The summed E-state index contributed by atoms with van der Waals surface area (Å²) in [5, 5.41) is 10.6. The normalized spacial score (nSPS) is 15.9. The molecule has 0 bridgehead atoms. The van der Waals surface area contributed by atoms with Crippen molar-refractivity contribution in [2.75, 3.05) is 6.61 Å². The number of hydrogen-bond donors (Lipinski definition) is 1. The lowest BCUT2D eigenvalue weighted by molar-refractivity contribution is -0.139. The molecule has 1 heterocycles. The number of allylic oxidation sites excluding steroid dienone is 2. The average molecular weight is 459 g/mol. The van der Waals surface area contributed by atoms with Gasteiger partial charge in [0.05, 0.1) is 23.1 Å². The number of nitrogens with zero attached hydrogens (tertiary/aromatic N) is 1. The van der Waals surface area contributed by atoms with E-state index in [1.54, 1.807) is 38.1 Å². The lowest BCUT2D eigenvalue weighted by Crippen LogP contribution is -2.25. The first-order chi connectivity index (χ1) is 14.9. The van der Waals surface area contributed by atoms with E-state index in [2.05, 4.69) is 0 Å². The second kappa shape index (κ2) is 9.78.